The van der Waals surface area contributed by atoms with Crippen molar-refractivity contribution in [2.75, 3.05) is 61.1 Å². The van der Waals surface area contributed by atoms with Gasteiger partial charge in [0.2, 0.25) is 11.9 Å². The topological polar surface area (TPSA) is 79.3 Å². The molecule has 3 aromatic rings. The Labute approximate surface area is 200 Å². The zero-order valence-corrected chi connectivity index (χ0v) is 19.1. The van der Waals surface area contributed by atoms with E-state index in [1.165, 1.54) is 24.4 Å². The Hall–Kier alpha value is -3.54. The SMILES string of the molecule is CCN(CCNc1ncccc1C(F)(F)F)c1nc(-c2cccc(F)c2)nc(N2CCOCC2)n1. The molecule has 0 bridgehead atoms. The quantitative estimate of drug-likeness (QED) is 0.476. The van der Waals surface area contributed by atoms with Crippen LogP contribution in [0.2, 0.25) is 0 Å². The van der Waals surface area contributed by atoms with Gasteiger partial charge >= 0.3 is 6.18 Å². The van der Waals surface area contributed by atoms with E-state index in [-0.39, 0.29) is 12.4 Å². The fourth-order valence-electron chi connectivity index (χ4n) is 3.64. The summed E-state index contributed by atoms with van der Waals surface area (Å²) >= 11 is 0. The second-order valence-electron chi connectivity index (χ2n) is 7.77. The number of pyridine rings is 1. The van der Waals surface area contributed by atoms with Crippen molar-refractivity contribution in [2.24, 2.45) is 0 Å². The standard InChI is InChI=1S/C23H25F4N7O/c1-2-33(10-9-29-20-18(23(25,26)27)7-4-8-28-20)21-30-19(16-5-3-6-17(24)15-16)31-22(32-21)34-11-13-35-14-12-34/h3-8,15H,2,9-14H2,1H3,(H,28,29). The van der Waals surface area contributed by atoms with Gasteiger partial charge in [-0.15, -0.1) is 0 Å². The maximum atomic E-state index is 13.9. The van der Waals surface area contributed by atoms with Crippen LogP contribution in [-0.2, 0) is 10.9 Å². The van der Waals surface area contributed by atoms with Gasteiger partial charge in [0, 0.05) is 44.5 Å². The number of aromatic nitrogens is 4. The van der Waals surface area contributed by atoms with Crippen molar-refractivity contribution in [3.63, 3.8) is 0 Å². The van der Waals surface area contributed by atoms with Crippen LogP contribution in [-0.4, -0.2) is 65.9 Å². The summed E-state index contributed by atoms with van der Waals surface area (Å²) in [6, 6.07) is 8.21. The van der Waals surface area contributed by atoms with Gasteiger partial charge in [-0.3, -0.25) is 0 Å². The molecule has 0 radical (unpaired) electrons. The fourth-order valence-corrected chi connectivity index (χ4v) is 3.64. The summed E-state index contributed by atoms with van der Waals surface area (Å²) in [5.74, 6) is 0.451. The minimum Gasteiger partial charge on any atom is -0.378 e. The Morgan fingerprint density at radius 3 is 2.60 bits per heavy atom. The van der Waals surface area contributed by atoms with E-state index in [1.54, 1.807) is 12.1 Å². The van der Waals surface area contributed by atoms with E-state index in [0.717, 1.165) is 6.07 Å². The first kappa shape index (κ1) is 24.6. The molecule has 0 amide bonds. The summed E-state index contributed by atoms with van der Waals surface area (Å²) in [4.78, 5) is 21.3. The van der Waals surface area contributed by atoms with E-state index in [4.69, 9.17) is 4.74 Å². The number of hydrogen-bond donors (Lipinski definition) is 1. The van der Waals surface area contributed by atoms with Crippen LogP contribution in [0, 0.1) is 5.82 Å². The predicted octanol–water partition coefficient (Wildman–Crippen LogP) is 3.87. The molecule has 1 fully saturated rings. The van der Waals surface area contributed by atoms with Crippen molar-refractivity contribution in [3.05, 3.63) is 54.0 Å². The van der Waals surface area contributed by atoms with Crippen molar-refractivity contribution >= 4 is 17.7 Å². The lowest BCUT2D eigenvalue weighted by Crippen LogP contribution is -2.38. The highest BCUT2D eigenvalue weighted by Gasteiger charge is 2.34. The van der Waals surface area contributed by atoms with Gasteiger partial charge in [0.1, 0.15) is 11.6 Å². The molecule has 1 aliphatic heterocycles. The number of ether oxygens (including phenoxy) is 1. The molecule has 0 aliphatic carbocycles. The van der Waals surface area contributed by atoms with Gasteiger partial charge in [0.25, 0.3) is 0 Å². The Morgan fingerprint density at radius 2 is 1.89 bits per heavy atom. The molecule has 4 rings (SSSR count). The molecule has 0 atom stereocenters. The van der Waals surface area contributed by atoms with Crippen molar-refractivity contribution in [2.45, 2.75) is 13.1 Å². The molecule has 35 heavy (non-hydrogen) atoms. The van der Waals surface area contributed by atoms with Crippen LogP contribution in [0.1, 0.15) is 12.5 Å². The minimum atomic E-state index is -4.51. The molecule has 8 nitrogen and oxygen atoms in total. The third-order valence-corrected chi connectivity index (χ3v) is 5.44. The number of benzene rings is 1. The van der Waals surface area contributed by atoms with E-state index in [2.05, 4.69) is 25.3 Å². The highest BCUT2D eigenvalue weighted by molar-refractivity contribution is 5.59. The fraction of sp³-hybridized carbons (Fsp3) is 0.391. The van der Waals surface area contributed by atoms with Crippen LogP contribution >= 0.6 is 0 Å². The molecule has 3 heterocycles. The zero-order chi connectivity index (χ0) is 24.8. The second-order valence-corrected chi connectivity index (χ2v) is 7.77. The average Bonchev–Trinajstić information content (AvgIpc) is 2.86. The predicted molar refractivity (Wildman–Crippen MR) is 124 cm³/mol. The first-order chi connectivity index (χ1) is 16.8. The van der Waals surface area contributed by atoms with Gasteiger partial charge in [-0.25, -0.2) is 9.37 Å². The Bertz CT molecular complexity index is 1140. The van der Waals surface area contributed by atoms with Crippen LogP contribution in [0.3, 0.4) is 0 Å². The maximum absolute atomic E-state index is 13.9. The molecule has 1 N–H and O–H groups in total. The number of morpholine rings is 1. The summed E-state index contributed by atoms with van der Waals surface area (Å²) in [6.45, 7) is 5.11. The number of anilines is 3. The molecule has 1 aromatic carbocycles. The van der Waals surface area contributed by atoms with Gasteiger partial charge in [0.15, 0.2) is 5.82 Å². The largest absolute Gasteiger partial charge is 0.419 e. The number of likely N-dealkylation sites (N-methyl/N-ethyl adjacent to an activating group) is 1. The molecule has 186 valence electrons. The first-order valence-electron chi connectivity index (χ1n) is 11.2. The molecular weight excluding hydrogens is 466 g/mol. The van der Waals surface area contributed by atoms with Gasteiger partial charge in [-0.2, -0.15) is 28.1 Å². The summed E-state index contributed by atoms with van der Waals surface area (Å²) < 4.78 is 59.1. The van der Waals surface area contributed by atoms with Crippen LogP contribution in [0.5, 0.6) is 0 Å². The summed E-state index contributed by atoms with van der Waals surface area (Å²) in [6.07, 6.45) is -3.21. The monoisotopic (exact) mass is 491 g/mol. The lowest BCUT2D eigenvalue weighted by atomic mass is 10.2. The van der Waals surface area contributed by atoms with E-state index in [9.17, 15) is 17.6 Å². The summed E-state index contributed by atoms with van der Waals surface area (Å²) in [5, 5.41) is 2.77. The van der Waals surface area contributed by atoms with Crippen LogP contribution < -0.4 is 15.1 Å². The van der Waals surface area contributed by atoms with Crippen LogP contribution in [0.4, 0.5) is 35.3 Å². The lowest BCUT2D eigenvalue weighted by molar-refractivity contribution is -0.137. The highest BCUT2D eigenvalue weighted by atomic mass is 19.4. The first-order valence-corrected chi connectivity index (χ1v) is 11.2. The molecule has 0 saturated carbocycles. The summed E-state index contributed by atoms with van der Waals surface area (Å²) in [7, 11) is 0. The number of alkyl halides is 3. The van der Waals surface area contributed by atoms with Gasteiger partial charge < -0.3 is 19.9 Å². The van der Waals surface area contributed by atoms with Crippen LogP contribution in [0.15, 0.2) is 42.6 Å². The van der Waals surface area contributed by atoms with E-state index < -0.39 is 17.6 Å². The summed E-state index contributed by atoms with van der Waals surface area (Å²) in [5.41, 5.74) is -0.327. The molecule has 0 unspecified atom stereocenters. The van der Waals surface area contributed by atoms with E-state index in [1.807, 2.05) is 16.7 Å². The molecular formula is C23H25F4N7O. The van der Waals surface area contributed by atoms with E-state index in [0.29, 0.717) is 62.7 Å². The minimum absolute atomic E-state index is 0.168. The van der Waals surface area contributed by atoms with Gasteiger partial charge in [-0.1, -0.05) is 12.1 Å². The van der Waals surface area contributed by atoms with E-state index >= 15 is 0 Å². The van der Waals surface area contributed by atoms with Crippen molar-refractivity contribution in [1.29, 1.82) is 0 Å². The molecule has 1 aliphatic rings. The highest BCUT2D eigenvalue weighted by Crippen LogP contribution is 2.33. The molecule has 12 heteroatoms. The number of halogens is 4. The Kier molecular flexibility index (Phi) is 7.59. The van der Waals surface area contributed by atoms with Crippen molar-refractivity contribution in [1.82, 2.24) is 19.9 Å². The molecule has 0 spiro atoms. The smallest absolute Gasteiger partial charge is 0.378 e. The second kappa shape index (κ2) is 10.8. The zero-order valence-electron chi connectivity index (χ0n) is 19.1. The van der Waals surface area contributed by atoms with Gasteiger partial charge in [0.05, 0.1) is 18.8 Å². The molecule has 2 aromatic heterocycles. The average molecular weight is 491 g/mol. The third-order valence-electron chi connectivity index (χ3n) is 5.44. The number of nitrogens with zero attached hydrogens (tertiary/aromatic N) is 6. The lowest BCUT2D eigenvalue weighted by Gasteiger charge is -2.28. The Balaban J connectivity index is 1.58. The maximum Gasteiger partial charge on any atom is 0.419 e. The molecule has 1 saturated heterocycles. The van der Waals surface area contributed by atoms with Gasteiger partial charge in [-0.05, 0) is 31.2 Å². The van der Waals surface area contributed by atoms with Crippen LogP contribution in [0.25, 0.3) is 11.4 Å². The van der Waals surface area contributed by atoms with Crippen molar-refractivity contribution in [3.8, 4) is 11.4 Å². The number of rotatable bonds is 8. The Morgan fingerprint density at radius 1 is 1.09 bits per heavy atom. The normalized spacial score (nSPS) is 14.1. The number of nitrogens with one attached hydrogen (secondary N) is 1. The van der Waals surface area contributed by atoms with Crippen molar-refractivity contribution < 1.29 is 22.3 Å². The number of hydrogen-bond acceptors (Lipinski definition) is 8. The third kappa shape index (κ3) is 6.13.